The lowest BCUT2D eigenvalue weighted by Gasteiger charge is -2.07. The topological polar surface area (TPSA) is 78.4 Å². The number of rotatable bonds is 4. The Bertz CT molecular complexity index is 486. The van der Waals surface area contributed by atoms with Crippen LogP contribution in [0.4, 0.5) is 4.39 Å². The molecule has 1 aliphatic carbocycles. The number of halogens is 1. The fourth-order valence-corrected chi connectivity index (χ4v) is 1.46. The van der Waals surface area contributed by atoms with Gasteiger partial charge in [-0.05, 0) is 25.0 Å². The van der Waals surface area contributed by atoms with Crippen LogP contribution in [0.5, 0.6) is 5.75 Å². The lowest BCUT2D eigenvalue weighted by Crippen LogP contribution is -2.37. The first-order valence-electron chi connectivity index (χ1n) is 5.62. The Morgan fingerprint density at radius 3 is 2.72 bits per heavy atom. The van der Waals surface area contributed by atoms with Crippen LogP contribution in [0.2, 0.25) is 0 Å². The van der Waals surface area contributed by atoms with Gasteiger partial charge in [0.05, 0.1) is 12.1 Å². The third-order valence-corrected chi connectivity index (χ3v) is 2.56. The second kappa shape index (κ2) is 5.03. The number of benzene rings is 1. The largest absolute Gasteiger partial charge is 0.507 e. The zero-order valence-corrected chi connectivity index (χ0v) is 9.57. The summed E-state index contributed by atoms with van der Waals surface area (Å²) in [5.74, 6) is -1.96. The van der Waals surface area contributed by atoms with E-state index < -0.39 is 17.5 Å². The van der Waals surface area contributed by atoms with Crippen LogP contribution in [0, 0.1) is 5.82 Å². The van der Waals surface area contributed by atoms with Crippen molar-refractivity contribution in [1.82, 2.24) is 10.6 Å². The summed E-state index contributed by atoms with van der Waals surface area (Å²) in [6, 6.07) is 3.31. The molecule has 0 heterocycles. The van der Waals surface area contributed by atoms with Crippen molar-refractivity contribution < 1.29 is 19.1 Å². The Kier molecular flexibility index (Phi) is 3.45. The first kappa shape index (κ1) is 12.3. The van der Waals surface area contributed by atoms with E-state index in [2.05, 4.69) is 10.6 Å². The minimum Gasteiger partial charge on any atom is -0.507 e. The number of hydrogen-bond donors (Lipinski definition) is 3. The maximum Gasteiger partial charge on any atom is 0.255 e. The monoisotopic (exact) mass is 252 g/mol. The zero-order valence-electron chi connectivity index (χ0n) is 9.57. The SMILES string of the molecule is O=C(CNC(=O)c1ccc(F)cc1O)NC1CC1. The molecule has 1 aliphatic rings. The first-order valence-corrected chi connectivity index (χ1v) is 5.62. The van der Waals surface area contributed by atoms with Crippen molar-refractivity contribution in [2.24, 2.45) is 0 Å². The number of phenols is 1. The van der Waals surface area contributed by atoms with Crippen molar-refractivity contribution in [1.29, 1.82) is 0 Å². The number of aromatic hydroxyl groups is 1. The van der Waals surface area contributed by atoms with Gasteiger partial charge in [0.15, 0.2) is 0 Å². The van der Waals surface area contributed by atoms with Crippen LogP contribution in [0.1, 0.15) is 23.2 Å². The van der Waals surface area contributed by atoms with E-state index in [1.54, 1.807) is 0 Å². The van der Waals surface area contributed by atoms with Crippen LogP contribution < -0.4 is 10.6 Å². The predicted molar refractivity (Wildman–Crippen MR) is 61.6 cm³/mol. The van der Waals surface area contributed by atoms with Crippen LogP contribution in [0.15, 0.2) is 18.2 Å². The number of amides is 2. The third-order valence-electron chi connectivity index (χ3n) is 2.56. The molecule has 1 fully saturated rings. The third kappa shape index (κ3) is 3.19. The van der Waals surface area contributed by atoms with E-state index in [1.807, 2.05) is 0 Å². The number of hydrogen-bond acceptors (Lipinski definition) is 3. The molecule has 18 heavy (non-hydrogen) atoms. The van der Waals surface area contributed by atoms with Gasteiger partial charge >= 0.3 is 0 Å². The molecular formula is C12H13FN2O3. The molecule has 5 nitrogen and oxygen atoms in total. The summed E-state index contributed by atoms with van der Waals surface area (Å²) in [6.45, 7) is -0.161. The predicted octanol–water partition coefficient (Wildman–Crippen LogP) is 0.540. The van der Waals surface area contributed by atoms with Gasteiger partial charge in [0.1, 0.15) is 11.6 Å². The molecule has 0 unspecified atom stereocenters. The van der Waals surface area contributed by atoms with Crippen LogP contribution in [-0.2, 0) is 4.79 Å². The zero-order chi connectivity index (χ0) is 13.1. The van der Waals surface area contributed by atoms with Crippen molar-refractivity contribution in [3.05, 3.63) is 29.6 Å². The van der Waals surface area contributed by atoms with Crippen LogP contribution >= 0.6 is 0 Å². The van der Waals surface area contributed by atoms with Crippen molar-refractivity contribution in [3.63, 3.8) is 0 Å². The second-order valence-corrected chi connectivity index (χ2v) is 4.19. The van der Waals surface area contributed by atoms with Crippen molar-refractivity contribution in [3.8, 4) is 5.75 Å². The average Bonchev–Trinajstić information content (AvgIpc) is 3.10. The molecular weight excluding hydrogens is 239 g/mol. The fraction of sp³-hybridized carbons (Fsp3) is 0.333. The lowest BCUT2D eigenvalue weighted by molar-refractivity contribution is -0.120. The number of nitrogens with one attached hydrogen (secondary N) is 2. The van der Waals surface area contributed by atoms with Crippen LogP contribution in [0.3, 0.4) is 0 Å². The first-order chi connectivity index (χ1) is 8.56. The second-order valence-electron chi connectivity index (χ2n) is 4.19. The van der Waals surface area contributed by atoms with E-state index >= 15 is 0 Å². The Hall–Kier alpha value is -2.11. The molecule has 0 aromatic heterocycles. The van der Waals surface area contributed by atoms with Crippen LogP contribution in [-0.4, -0.2) is 29.5 Å². The quantitative estimate of drug-likeness (QED) is 0.731. The van der Waals surface area contributed by atoms with Gasteiger partial charge in [-0.2, -0.15) is 0 Å². The van der Waals surface area contributed by atoms with E-state index in [0.29, 0.717) is 0 Å². The maximum atomic E-state index is 12.7. The van der Waals surface area contributed by atoms with Crippen molar-refractivity contribution in [2.75, 3.05) is 6.54 Å². The maximum absolute atomic E-state index is 12.7. The lowest BCUT2D eigenvalue weighted by atomic mass is 10.2. The van der Waals surface area contributed by atoms with Gasteiger partial charge in [0.25, 0.3) is 5.91 Å². The van der Waals surface area contributed by atoms with E-state index in [4.69, 9.17) is 0 Å². The summed E-state index contributed by atoms with van der Waals surface area (Å²) in [6.07, 6.45) is 1.94. The summed E-state index contributed by atoms with van der Waals surface area (Å²) in [7, 11) is 0. The van der Waals surface area contributed by atoms with Gasteiger partial charge in [0.2, 0.25) is 5.91 Å². The van der Waals surface area contributed by atoms with Crippen LogP contribution in [0.25, 0.3) is 0 Å². The van der Waals surface area contributed by atoms with Gasteiger partial charge in [-0.15, -0.1) is 0 Å². The van der Waals surface area contributed by atoms with Crippen molar-refractivity contribution in [2.45, 2.75) is 18.9 Å². The Labute approximate surface area is 103 Å². The van der Waals surface area contributed by atoms with Gasteiger partial charge in [-0.3, -0.25) is 9.59 Å². The normalized spacial score (nSPS) is 14.1. The molecule has 3 N–H and O–H groups in total. The molecule has 0 bridgehead atoms. The number of phenolic OH excluding ortho intramolecular Hbond substituents is 1. The molecule has 0 radical (unpaired) electrons. The average molecular weight is 252 g/mol. The highest BCUT2D eigenvalue weighted by atomic mass is 19.1. The Morgan fingerprint density at radius 1 is 1.39 bits per heavy atom. The fourth-order valence-electron chi connectivity index (χ4n) is 1.46. The molecule has 1 saturated carbocycles. The molecule has 1 aromatic rings. The summed E-state index contributed by atoms with van der Waals surface area (Å²) in [5, 5.41) is 14.4. The molecule has 6 heteroatoms. The summed E-state index contributed by atoms with van der Waals surface area (Å²) in [5.41, 5.74) is -0.0596. The molecule has 0 saturated heterocycles. The molecule has 0 spiro atoms. The number of carbonyl (C=O) groups excluding carboxylic acids is 2. The molecule has 2 amide bonds. The van der Waals surface area contributed by atoms with Gasteiger partial charge in [-0.25, -0.2) is 4.39 Å². The standard InChI is InChI=1S/C12H13FN2O3/c13-7-1-4-9(10(16)5-7)12(18)14-6-11(17)15-8-2-3-8/h1,4-5,8,16H,2-3,6H2,(H,14,18)(H,15,17). The van der Waals surface area contributed by atoms with E-state index in [0.717, 1.165) is 25.0 Å². The van der Waals surface area contributed by atoms with Gasteiger partial charge < -0.3 is 15.7 Å². The van der Waals surface area contributed by atoms with Gasteiger partial charge in [-0.1, -0.05) is 0 Å². The van der Waals surface area contributed by atoms with E-state index in [9.17, 15) is 19.1 Å². The smallest absolute Gasteiger partial charge is 0.255 e. The summed E-state index contributed by atoms with van der Waals surface area (Å²) < 4.78 is 12.7. The molecule has 96 valence electrons. The molecule has 2 rings (SSSR count). The summed E-state index contributed by atoms with van der Waals surface area (Å²) >= 11 is 0. The summed E-state index contributed by atoms with van der Waals surface area (Å²) in [4.78, 5) is 22.9. The van der Waals surface area contributed by atoms with E-state index in [1.165, 1.54) is 6.07 Å². The van der Waals surface area contributed by atoms with E-state index in [-0.39, 0.29) is 24.1 Å². The van der Waals surface area contributed by atoms with Gasteiger partial charge in [0, 0.05) is 12.1 Å². The Morgan fingerprint density at radius 2 is 2.11 bits per heavy atom. The Balaban J connectivity index is 1.88. The molecule has 0 aliphatic heterocycles. The van der Waals surface area contributed by atoms with Crippen molar-refractivity contribution >= 4 is 11.8 Å². The molecule has 0 atom stereocenters. The minimum absolute atomic E-state index is 0.0596. The highest BCUT2D eigenvalue weighted by Crippen LogP contribution is 2.18. The highest BCUT2D eigenvalue weighted by Gasteiger charge is 2.23. The number of carbonyl (C=O) groups is 2. The molecule has 1 aromatic carbocycles. The highest BCUT2D eigenvalue weighted by molar-refractivity contribution is 5.98. The minimum atomic E-state index is -0.629.